The molecule has 3 heterocycles. The van der Waals surface area contributed by atoms with Crippen LogP contribution in [0, 0.1) is 5.92 Å². The van der Waals surface area contributed by atoms with E-state index >= 15 is 0 Å². The third kappa shape index (κ3) is 2.43. The second kappa shape index (κ2) is 5.52. The normalized spacial score (nSPS) is 36.6. The molecule has 3 atom stereocenters. The number of carbonyl (C=O) groups excluding carboxylic acids is 2. The van der Waals surface area contributed by atoms with Crippen molar-refractivity contribution in [3.8, 4) is 0 Å². The summed E-state index contributed by atoms with van der Waals surface area (Å²) < 4.78 is 0. The van der Waals surface area contributed by atoms with Crippen molar-refractivity contribution in [3.05, 3.63) is 0 Å². The fraction of sp³-hybridized carbons (Fsp3) is 0.882. The first-order valence-corrected chi connectivity index (χ1v) is 8.95. The van der Waals surface area contributed by atoms with Crippen molar-refractivity contribution >= 4 is 11.8 Å². The lowest BCUT2D eigenvalue weighted by molar-refractivity contribution is -0.137. The first-order chi connectivity index (χ1) is 10.6. The fourth-order valence-electron chi connectivity index (χ4n) is 4.76. The molecule has 0 N–H and O–H groups in total. The number of hydrogen-bond donors (Lipinski definition) is 0. The van der Waals surface area contributed by atoms with Crippen LogP contribution in [-0.4, -0.2) is 71.3 Å². The lowest BCUT2D eigenvalue weighted by atomic mass is 10.0. The Morgan fingerprint density at radius 3 is 2.45 bits per heavy atom. The Kier molecular flexibility index (Phi) is 3.63. The Hall–Kier alpha value is -1.10. The van der Waals surface area contributed by atoms with Crippen LogP contribution in [0.4, 0.5) is 0 Å². The van der Waals surface area contributed by atoms with E-state index in [2.05, 4.69) is 16.8 Å². The van der Waals surface area contributed by atoms with Crippen LogP contribution in [0.1, 0.15) is 44.9 Å². The highest BCUT2D eigenvalue weighted by Gasteiger charge is 2.46. The Morgan fingerprint density at radius 1 is 1.05 bits per heavy atom. The first-order valence-electron chi connectivity index (χ1n) is 8.95. The van der Waals surface area contributed by atoms with E-state index < -0.39 is 0 Å². The molecule has 4 rings (SSSR count). The number of hydrogen-bond acceptors (Lipinski definition) is 3. The lowest BCUT2D eigenvalue weighted by Crippen LogP contribution is -2.49. The summed E-state index contributed by atoms with van der Waals surface area (Å²) in [7, 11) is 2.19. The van der Waals surface area contributed by atoms with E-state index in [0.717, 1.165) is 38.8 Å². The molecule has 0 unspecified atom stereocenters. The zero-order chi connectivity index (χ0) is 15.3. The van der Waals surface area contributed by atoms with Crippen LogP contribution >= 0.6 is 0 Å². The van der Waals surface area contributed by atoms with Crippen LogP contribution in [0.15, 0.2) is 0 Å². The van der Waals surface area contributed by atoms with Gasteiger partial charge in [-0.05, 0) is 52.1 Å². The first kappa shape index (κ1) is 14.5. The highest BCUT2D eigenvalue weighted by atomic mass is 16.2. The predicted octanol–water partition coefficient (Wildman–Crippen LogP) is 1.08. The number of nitrogens with zero attached hydrogens (tertiary/aromatic N) is 3. The zero-order valence-corrected chi connectivity index (χ0v) is 13.5. The largest absolute Gasteiger partial charge is 0.339 e. The molecule has 122 valence electrons. The Bertz CT molecular complexity index is 477. The molecule has 0 spiro atoms. The van der Waals surface area contributed by atoms with Gasteiger partial charge in [0.2, 0.25) is 11.8 Å². The topological polar surface area (TPSA) is 43.9 Å². The third-order valence-electron chi connectivity index (χ3n) is 6.10. The molecular formula is C17H27N3O2. The molecule has 4 fully saturated rings. The minimum atomic E-state index is -0.0830. The van der Waals surface area contributed by atoms with E-state index in [1.807, 2.05) is 4.90 Å². The van der Waals surface area contributed by atoms with Crippen LogP contribution in [0.3, 0.4) is 0 Å². The highest BCUT2D eigenvalue weighted by molar-refractivity contribution is 5.89. The number of rotatable bonds is 3. The molecule has 2 amide bonds. The maximum Gasteiger partial charge on any atom is 0.228 e. The number of likely N-dealkylation sites (tertiary alicyclic amines) is 3. The minimum absolute atomic E-state index is 0.0830. The van der Waals surface area contributed by atoms with E-state index in [-0.39, 0.29) is 17.7 Å². The fourth-order valence-corrected chi connectivity index (χ4v) is 4.76. The molecule has 5 nitrogen and oxygen atoms in total. The van der Waals surface area contributed by atoms with E-state index in [1.54, 1.807) is 0 Å². The molecule has 0 aromatic rings. The molecule has 22 heavy (non-hydrogen) atoms. The van der Waals surface area contributed by atoms with Gasteiger partial charge in [0, 0.05) is 37.6 Å². The lowest BCUT2D eigenvalue weighted by Gasteiger charge is -2.34. The number of amides is 2. The summed E-state index contributed by atoms with van der Waals surface area (Å²) in [6.45, 7) is 2.72. The molecule has 0 aromatic carbocycles. The van der Waals surface area contributed by atoms with E-state index in [0.29, 0.717) is 31.1 Å². The van der Waals surface area contributed by atoms with E-state index in [1.165, 1.54) is 12.8 Å². The zero-order valence-electron chi connectivity index (χ0n) is 13.5. The summed E-state index contributed by atoms with van der Waals surface area (Å²) in [5.74, 6) is 0.370. The van der Waals surface area contributed by atoms with Gasteiger partial charge in [-0.25, -0.2) is 0 Å². The average Bonchev–Trinajstić information content (AvgIpc) is 2.91. The third-order valence-corrected chi connectivity index (χ3v) is 6.10. The van der Waals surface area contributed by atoms with Crippen LogP contribution in [0.25, 0.3) is 0 Å². The second-order valence-electron chi connectivity index (χ2n) is 7.61. The highest BCUT2D eigenvalue weighted by Crippen LogP contribution is 2.35. The number of carbonyl (C=O) groups is 2. The van der Waals surface area contributed by atoms with E-state index in [9.17, 15) is 9.59 Å². The van der Waals surface area contributed by atoms with Crippen LogP contribution in [-0.2, 0) is 9.59 Å². The molecule has 0 bridgehead atoms. The molecule has 1 aliphatic carbocycles. The molecule has 0 radical (unpaired) electrons. The van der Waals surface area contributed by atoms with Crippen molar-refractivity contribution in [2.75, 3.05) is 26.7 Å². The quantitative estimate of drug-likeness (QED) is 0.784. The van der Waals surface area contributed by atoms with Crippen molar-refractivity contribution < 1.29 is 9.59 Å². The standard InChI is InChI=1S/C17H27N3O2/c1-18-8-2-4-14(18)15-5-3-9-19(15)17(22)12-10-16(21)20(11-12)13-6-7-13/h12-15H,2-11H2,1H3/t12-,14+,15-/m0/s1. The molecular weight excluding hydrogens is 278 g/mol. The smallest absolute Gasteiger partial charge is 0.228 e. The van der Waals surface area contributed by atoms with Gasteiger partial charge >= 0.3 is 0 Å². The monoisotopic (exact) mass is 305 g/mol. The molecule has 3 saturated heterocycles. The van der Waals surface area contributed by atoms with Gasteiger partial charge in [0.25, 0.3) is 0 Å². The van der Waals surface area contributed by atoms with Gasteiger partial charge < -0.3 is 14.7 Å². The summed E-state index contributed by atoms with van der Waals surface area (Å²) in [6.07, 6.45) is 7.41. The van der Waals surface area contributed by atoms with Gasteiger partial charge in [0.05, 0.1) is 5.92 Å². The van der Waals surface area contributed by atoms with Crippen molar-refractivity contribution in [1.82, 2.24) is 14.7 Å². The Balaban J connectivity index is 1.44. The van der Waals surface area contributed by atoms with Crippen molar-refractivity contribution in [2.24, 2.45) is 5.92 Å². The van der Waals surface area contributed by atoms with Gasteiger partial charge in [0.1, 0.15) is 0 Å². The molecule has 4 aliphatic rings. The Morgan fingerprint density at radius 2 is 1.77 bits per heavy atom. The van der Waals surface area contributed by atoms with Gasteiger partial charge in [-0.2, -0.15) is 0 Å². The van der Waals surface area contributed by atoms with Gasteiger partial charge in [-0.15, -0.1) is 0 Å². The number of likely N-dealkylation sites (N-methyl/N-ethyl adjacent to an activating group) is 1. The minimum Gasteiger partial charge on any atom is -0.339 e. The Labute approximate surface area is 132 Å². The van der Waals surface area contributed by atoms with Gasteiger partial charge in [0.15, 0.2) is 0 Å². The van der Waals surface area contributed by atoms with Crippen LogP contribution in [0.5, 0.6) is 0 Å². The van der Waals surface area contributed by atoms with Gasteiger partial charge in [-0.3, -0.25) is 9.59 Å². The second-order valence-corrected chi connectivity index (χ2v) is 7.61. The molecule has 5 heteroatoms. The average molecular weight is 305 g/mol. The summed E-state index contributed by atoms with van der Waals surface area (Å²) in [4.78, 5) is 31.6. The predicted molar refractivity (Wildman–Crippen MR) is 83.2 cm³/mol. The molecule has 1 saturated carbocycles. The van der Waals surface area contributed by atoms with Crippen molar-refractivity contribution in [3.63, 3.8) is 0 Å². The van der Waals surface area contributed by atoms with Crippen LogP contribution in [0.2, 0.25) is 0 Å². The molecule has 0 aromatic heterocycles. The maximum atomic E-state index is 13.0. The van der Waals surface area contributed by atoms with Crippen molar-refractivity contribution in [2.45, 2.75) is 63.1 Å². The molecule has 3 aliphatic heterocycles. The maximum absolute atomic E-state index is 13.0. The van der Waals surface area contributed by atoms with Gasteiger partial charge in [-0.1, -0.05) is 0 Å². The summed E-state index contributed by atoms with van der Waals surface area (Å²) in [5.41, 5.74) is 0. The summed E-state index contributed by atoms with van der Waals surface area (Å²) in [6, 6.07) is 1.36. The SMILES string of the molecule is CN1CCC[C@@H]1[C@@H]1CCCN1C(=O)[C@H]1CC(=O)N(C2CC2)C1. The summed E-state index contributed by atoms with van der Waals surface area (Å²) >= 11 is 0. The van der Waals surface area contributed by atoms with E-state index in [4.69, 9.17) is 0 Å². The van der Waals surface area contributed by atoms with Crippen LogP contribution < -0.4 is 0 Å². The summed E-state index contributed by atoms with van der Waals surface area (Å²) in [5, 5.41) is 0. The van der Waals surface area contributed by atoms with Crippen molar-refractivity contribution in [1.29, 1.82) is 0 Å².